The molecule has 1 unspecified atom stereocenters. The maximum Gasteiger partial charge on any atom is 0.431 e. The third kappa shape index (κ3) is 5.99. The minimum atomic E-state index is -0.674. The summed E-state index contributed by atoms with van der Waals surface area (Å²) in [6, 6.07) is 6.12. The Kier molecular flexibility index (Phi) is 5.91. The van der Waals surface area contributed by atoms with Crippen molar-refractivity contribution in [2.45, 2.75) is 32.3 Å². The zero-order chi connectivity index (χ0) is 15.2. The number of halogens is 1. The molecule has 1 atom stereocenters. The maximum atomic E-state index is 13.1. The summed E-state index contributed by atoms with van der Waals surface area (Å²) >= 11 is 0. The normalized spacial score (nSPS) is 12.8. The van der Waals surface area contributed by atoms with Crippen LogP contribution in [0.5, 0.6) is 0 Å². The number of amides is 1. The topological polar surface area (TPSA) is 73.6 Å². The van der Waals surface area contributed by atoms with Crippen molar-refractivity contribution < 1.29 is 18.8 Å². The van der Waals surface area contributed by atoms with Gasteiger partial charge in [-0.2, -0.15) is 5.48 Å². The van der Waals surface area contributed by atoms with Gasteiger partial charge in [0.1, 0.15) is 11.4 Å². The van der Waals surface area contributed by atoms with Crippen molar-refractivity contribution >= 4 is 6.09 Å². The third-order valence-electron chi connectivity index (χ3n) is 2.44. The Morgan fingerprint density at radius 1 is 1.45 bits per heavy atom. The van der Waals surface area contributed by atoms with Crippen molar-refractivity contribution in [3.63, 3.8) is 0 Å². The first kappa shape index (κ1) is 16.4. The van der Waals surface area contributed by atoms with Crippen LogP contribution in [0.15, 0.2) is 24.3 Å². The van der Waals surface area contributed by atoms with Gasteiger partial charge in [-0.1, -0.05) is 12.1 Å². The van der Waals surface area contributed by atoms with Crippen molar-refractivity contribution in [1.29, 1.82) is 0 Å². The van der Waals surface area contributed by atoms with Crippen LogP contribution in [-0.2, 0) is 9.57 Å². The van der Waals surface area contributed by atoms with Crippen LogP contribution in [0.25, 0.3) is 0 Å². The Morgan fingerprint density at radius 3 is 2.70 bits per heavy atom. The standard InChI is InChI=1S/C14H21FN2O3/c1-14(2,3)20-13(18)17-19-9-11(8-16)10-5-4-6-12(15)7-10/h4-7,11H,8-9,16H2,1-3H3,(H,17,18). The quantitative estimate of drug-likeness (QED) is 0.814. The SMILES string of the molecule is CC(C)(C)OC(=O)NOCC(CN)c1cccc(F)c1. The molecule has 0 saturated heterocycles. The van der Waals surface area contributed by atoms with Gasteiger partial charge in [0, 0.05) is 12.5 Å². The maximum absolute atomic E-state index is 13.1. The summed E-state index contributed by atoms with van der Waals surface area (Å²) in [4.78, 5) is 16.4. The van der Waals surface area contributed by atoms with E-state index in [1.807, 2.05) is 0 Å². The lowest BCUT2D eigenvalue weighted by molar-refractivity contribution is -0.0111. The monoisotopic (exact) mass is 284 g/mol. The summed E-state index contributed by atoms with van der Waals surface area (Å²) in [5, 5.41) is 0. The lowest BCUT2D eigenvalue weighted by atomic mass is 10.0. The second kappa shape index (κ2) is 7.21. The lowest BCUT2D eigenvalue weighted by Gasteiger charge is -2.20. The van der Waals surface area contributed by atoms with Gasteiger partial charge < -0.3 is 10.5 Å². The summed E-state index contributed by atoms with van der Waals surface area (Å²) in [5.41, 5.74) is 7.93. The molecule has 0 spiro atoms. The van der Waals surface area contributed by atoms with Crippen LogP contribution in [0.2, 0.25) is 0 Å². The molecule has 20 heavy (non-hydrogen) atoms. The van der Waals surface area contributed by atoms with E-state index < -0.39 is 11.7 Å². The summed E-state index contributed by atoms with van der Waals surface area (Å²) in [6.45, 7) is 5.67. The van der Waals surface area contributed by atoms with E-state index in [1.54, 1.807) is 32.9 Å². The Balaban J connectivity index is 2.45. The predicted molar refractivity (Wildman–Crippen MR) is 73.5 cm³/mol. The van der Waals surface area contributed by atoms with Gasteiger partial charge in [0.05, 0.1) is 6.61 Å². The number of hydrogen-bond donors (Lipinski definition) is 2. The molecule has 0 radical (unpaired) electrons. The second-order valence-corrected chi connectivity index (χ2v) is 5.40. The van der Waals surface area contributed by atoms with E-state index in [-0.39, 0.29) is 24.9 Å². The molecule has 0 saturated carbocycles. The van der Waals surface area contributed by atoms with Gasteiger partial charge in [0.2, 0.25) is 0 Å². The van der Waals surface area contributed by atoms with E-state index >= 15 is 0 Å². The lowest BCUT2D eigenvalue weighted by Crippen LogP contribution is -2.34. The molecule has 0 bridgehead atoms. The molecule has 0 aliphatic carbocycles. The molecule has 1 aromatic rings. The molecule has 3 N–H and O–H groups in total. The fraction of sp³-hybridized carbons (Fsp3) is 0.500. The Labute approximate surface area is 118 Å². The molecular weight excluding hydrogens is 263 g/mol. The number of nitrogens with two attached hydrogens (primary N) is 1. The smallest absolute Gasteiger partial charge is 0.431 e. The van der Waals surface area contributed by atoms with Crippen LogP contribution in [-0.4, -0.2) is 24.8 Å². The first-order chi connectivity index (χ1) is 9.31. The highest BCUT2D eigenvalue weighted by Crippen LogP contribution is 2.16. The molecule has 112 valence electrons. The van der Waals surface area contributed by atoms with Crippen LogP contribution in [0.3, 0.4) is 0 Å². The van der Waals surface area contributed by atoms with Gasteiger partial charge in [-0.3, -0.25) is 4.84 Å². The average Bonchev–Trinajstić information content (AvgIpc) is 2.32. The van der Waals surface area contributed by atoms with Crippen LogP contribution in [0.1, 0.15) is 32.3 Å². The van der Waals surface area contributed by atoms with Crippen molar-refractivity contribution in [2.24, 2.45) is 5.73 Å². The van der Waals surface area contributed by atoms with Crippen LogP contribution < -0.4 is 11.2 Å². The van der Waals surface area contributed by atoms with Gasteiger partial charge in [0.25, 0.3) is 0 Å². The van der Waals surface area contributed by atoms with Gasteiger partial charge in [-0.25, -0.2) is 9.18 Å². The Morgan fingerprint density at radius 2 is 2.15 bits per heavy atom. The number of nitrogens with one attached hydrogen (secondary N) is 1. The molecule has 1 rings (SSSR count). The van der Waals surface area contributed by atoms with Crippen LogP contribution in [0, 0.1) is 5.82 Å². The zero-order valence-corrected chi connectivity index (χ0v) is 12.0. The molecule has 0 aliphatic heterocycles. The molecule has 6 heteroatoms. The molecule has 0 aromatic heterocycles. The molecule has 1 aromatic carbocycles. The minimum Gasteiger partial charge on any atom is -0.442 e. The molecule has 0 heterocycles. The van der Waals surface area contributed by atoms with E-state index in [0.717, 1.165) is 5.56 Å². The summed E-state index contributed by atoms with van der Waals surface area (Å²) in [7, 11) is 0. The fourth-order valence-electron chi connectivity index (χ4n) is 1.56. The number of hydroxylamine groups is 1. The summed E-state index contributed by atoms with van der Waals surface area (Å²) in [6.07, 6.45) is -0.674. The largest absolute Gasteiger partial charge is 0.442 e. The van der Waals surface area contributed by atoms with E-state index in [9.17, 15) is 9.18 Å². The highest BCUT2D eigenvalue weighted by atomic mass is 19.1. The Hall–Kier alpha value is -1.66. The summed E-state index contributed by atoms with van der Waals surface area (Å²) < 4.78 is 18.1. The average molecular weight is 284 g/mol. The first-order valence-electron chi connectivity index (χ1n) is 6.38. The van der Waals surface area contributed by atoms with E-state index in [4.69, 9.17) is 15.3 Å². The molecule has 1 amide bonds. The molecule has 0 fully saturated rings. The Bertz CT molecular complexity index is 446. The highest BCUT2D eigenvalue weighted by molar-refractivity contribution is 5.66. The predicted octanol–water partition coefficient (Wildman–Crippen LogP) is 2.32. The number of ether oxygens (including phenoxy) is 1. The van der Waals surface area contributed by atoms with Gasteiger partial charge in [-0.05, 0) is 38.5 Å². The van der Waals surface area contributed by atoms with E-state index in [1.165, 1.54) is 12.1 Å². The highest BCUT2D eigenvalue weighted by Gasteiger charge is 2.17. The van der Waals surface area contributed by atoms with E-state index in [2.05, 4.69) is 5.48 Å². The van der Waals surface area contributed by atoms with E-state index in [0.29, 0.717) is 0 Å². The summed E-state index contributed by atoms with van der Waals surface area (Å²) in [5.74, 6) is -0.540. The number of benzene rings is 1. The van der Waals surface area contributed by atoms with Crippen LogP contribution in [0.4, 0.5) is 9.18 Å². The fourth-order valence-corrected chi connectivity index (χ4v) is 1.56. The van der Waals surface area contributed by atoms with Crippen molar-refractivity contribution in [2.75, 3.05) is 13.2 Å². The number of rotatable bonds is 5. The molecular formula is C14H21FN2O3. The van der Waals surface area contributed by atoms with Gasteiger partial charge in [0.15, 0.2) is 0 Å². The van der Waals surface area contributed by atoms with Gasteiger partial charge in [-0.15, -0.1) is 0 Å². The number of carbonyl (C=O) groups excluding carboxylic acids is 1. The molecule has 5 nitrogen and oxygen atoms in total. The van der Waals surface area contributed by atoms with Crippen molar-refractivity contribution in [3.8, 4) is 0 Å². The minimum absolute atomic E-state index is 0.138. The zero-order valence-electron chi connectivity index (χ0n) is 12.0. The van der Waals surface area contributed by atoms with Crippen LogP contribution >= 0.6 is 0 Å². The third-order valence-corrected chi connectivity index (χ3v) is 2.44. The molecule has 0 aliphatic rings. The van der Waals surface area contributed by atoms with Crippen molar-refractivity contribution in [1.82, 2.24) is 5.48 Å². The first-order valence-corrected chi connectivity index (χ1v) is 6.38. The van der Waals surface area contributed by atoms with Gasteiger partial charge >= 0.3 is 6.09 Å². The number of hydrogen-bond acceptors (Lipinski definition) is 4. The van der Waals surface area contributed by atoms with Crippen molar-refractivity contribution in [3.05, 3.63) is 35.6 Å². The second-order valence-electron chi connectivity index (χ2n) is 5.40. The number of carbonyl (C=O) groups is 1.